The highest BCUT2D eigenvalue weighted by molar-refractivity contribution is 6.39. The van der Waals surface area contributed by atoms with Crippen molar-refractivity contribution in [3.8, 4) is 0 Å². The number of carbonyl (C=O) groups is 5. The second-order valence-corrected chi connectivity index (χ2v) is 19.2. The number of Topliss-reactive ketones (excluding diaryl/α,β-unsaturated/α-hetero) is 3. The number of aliphatic hydroxyl groups is 3. The van der Waals surface area contributed by atoms with E-state index in [9.17, 15) is 39.3 Å². The number of methoxy groups -OCH3 is 2. The Morgan fingerprint density at radius 3 is 2.22 bits per heavy atom. The predicted molar refractivity (Wildman–Crippen MR) is 239 cm³/mol. The van der Waals surface area contributed by atoms with Crippen LogP contribution in [0.3, 0.4) is 0 Å². The summed E-state index contributed by atoms with van der Waals surface area (Å²) < 4.78 is 23.8. The summed E-state index contributed by atoms with van der Waals surface area (Å²) in [5.41, 5.74) is 1.29. The van der Waals surface area contributed by atoms with Crippen LogP contribution in [-0.4, -0.2) is 119 Å². The van der Waals surface area contributed by atoms with Gasteiger partial charge in [-0.15, -0.1) is 0 Å². The molecule has 3 heterocycles. The van der Waals surface area contributed by atoms with E-state index in [-0.39, 0.29) is 54.8 Å². The number of amides is 1. The number of allylic oxidation sites excluding steroid dienone is 6. The Balaban J connectivity index is 1.69. The average molecular weight is 884 g/mol. The third-order valence-electron chi connectivity index (χ3n) is 14.1. The quantitative estimate of drug-likeness (QED) is 0.154. The van der Waals surface area contributed by atoms with Crippen LogP contribution >= 0.6 is 0 Å². The van der Waals surface area contributed by atoms with Gasteiger partial charge in [0.1, 0.15) is 30.1 Å². The molecule has 1 aliphatic carbocycles. The van der Waals surface area contributed by atoms with Crippen LogP contribution in [-0.2, 0) is 42.9 Å². The van der Waals surface area contributed by atoms with Gasteiger partial charge in [0.05, 0.1) is 18.3 Å². The van der Waals surface area contributed by atoms with E-state index in [0.29, 0.717) is 63.4 Å². The number of esters is 1. The van der Waals surface area contributed by atoms with E-state index in [1.807, 2.05) is 58.1 Å². The van der Waals surface area contributed by atoms with Gasteiger partial charge in [-0.2, -0.15) is 0 Å². The first-order chi connectivity index (χ1) is 29.8. The zero-order chi connectivity index (χ0) is 46.6. The minimum atomic E-state index is -2.41. The molecule has 3 N–H and O–H groups in total. The Kier molecular flexibility index (Phi) is 20.1. The SMILES string of the molecule is CO[C@H]1C[C@@H]2CC[C@@H](C)[C@@](O)(O2)C(=O)C(=O)N2CCCC[C@H]2C(=O)O[C@H]([C@H](C)CC2CCC(O)CC2)CC(=O)[C@H](C)/C=C(\C)C(O)[C@@H](OC)C(=O)[C@H](C)C[C@H](C)/C=C/C=CC=C1C. The minimum Gasteiger partial charge on any atom is -0.460 e. The van der Waals surface area contributed by atoms with Crippen LogP contribution in [0.15, 0.2) is 47.6 Å². The highest BCUT2D eigenvalue weighted by Gasteiger charge is 2.53. The summed E-state index contributed by atoms with van der Waals surface area (Å²) in [5, 5.41) is 33.4. The monoisotopic (exact) mass is 884 g/mol. The van der Waals surface area contributed by atoms with Crippen LogP contribution in [0.2, 0.25) is 0 Å². The molecule has 2 saturated heterocycles. The molecule has 3 aliphatic heterocycles. The first-order valence-corrected chi connectivity index (χ1v) is 23.4. The second-order valence-electron chi connectivity index (χ2n) is 19.2. The number of carbonyl (C=O) groups excluding carboxylic acids is 5. The maximum absolute atomic E-state index is 14.3. The van der Waals surface area contributed by atoms with E-state index >= 15 is 0 Å². The largest absolute Gasteiger partial charge is 0.460 e. The standard InChI is InChI=1S/C50H77NO12/c1-30-15-11-10-12-16-31(2)42(60-8)28-39-23-18-36(7)50(59,63-39)47(56)48(57)51-24-14-13-17-40(51)49(58)62-43(33(4)27-37-19-21-38(52)22-20-37)29-41(53)32(3)26-35(6)45(55)46(61-9)44(54)34(5)25-30/h10-12,15-16,26,30,32-34,36-40,42-43,45-46,52,55,59H,13-14,17-25,27-29H2,1-9H3/b12-10?,15-11+,31-16?,35-26+/t30-,32-,33-,34-,36-,37?,38?,39+,40+,42+,43+,45?,46+,50-/m1/s1. The number of fused-ring (bicyclic) bond motifs is 3. The van der Waals surface area contributed by atoms with Gasteiger partial charge < -0.3 is 39.2 Å². The Morgan fingerprint density at radius 2 is 1.56 bits per heavy atom. The van der Waals surface area contributed by atoms with Crippen LogP contribution in [0.1, 0.15) is 132 Å². The number of rotatable bonds is 5. The second kappa shape index (κ2) is 24.3. The lowest BCUT2D eigenvalue weighted by Crippen LogP contribution is -2.61. The third kappa shape index (κ3) is 14.1. The van der Waals surface area contributed by atoms with Crippen molar-refractivity contribution < 1.29 is 58.2 Å². The number of cyclic esters (lactones) is 1. The van der Waals surface area contributed by atoms with E-state index in [2.05, 4.69) is 0 Å². The molecule has 0 aromatic rings. The van der Waals surface area contributed by atoms with Crippen LogP contribution in [0.4, 0.5) is 0 Å². The topological polar surface area (TPSA) is 186 Å². The van der Waals surface area contributed by atoms with Gasteiger partial charge in [0.2, 0.25) is 5.79 Å². The van der Waals surface area contributed by atoms with Gasteiger partial charge in [-0.25, -0.2) is 4.79 Å². The summed E-state index contributed by atoms with van der Waals surface area (Å²) in [5.74, 6) is -7.60. The molecule has 4 rings (SSSR count). The smallest absolute Gasteiger partial charge is 0.329 e. The maximum Gasteiger partial charge on any atom is 0.329 e. The molecule has 13 nitrogen and oxygen atoms in total. The fourth-order valence-corrected chi connectivity index (χ4v) is 9.83. The Morgan fingerprint density at radius 1 is 0.857 bits per heavy atom. The molecule has 63 heavy (non-hydrogen) atoms. The van der Waals surface area contributed by atoms with Crippen molar-refractivity contribution in [1.29, 1.82) is 0 Å². The number of aliphatic hydroxyl groups excluding tert-OH is 2. The van der Waals surface area contributed by atoms with Gasteiger partial charge in [-0.1, -0.05) is 71.1 Å². The summed E-state index contributed by atoms with van der Waals surface area (Å²) in [4.78, 5) is 71.5. The van der Waals surface area contributed by atoms with Crippen molar-refractivity contribution >= 4 is 29.2 Å². The molecule has 0 spiro atoms. The number of hydrogen-bond donors (Lipinski definition) is 3. The summed E-state index contributed by atoms with van der Waals surface area (Å²) in [6, 6.07) is -1.11. The molecule has 1 saturated carbocycles. The molecular formula is C50H77NO12. The highest BCUT2D eigenvalue weighted by Crippen LogP contribution is 2.37. The minimum absolute atomic E-state index is 0.0273. The van der Waals surface area contributed by atoms with Gasteiger partial charge in [-0.3, -0.25) is 19.2 Å². The van der Waals surface area contributed by atoms with E-state index in [0.717, 1.165) is 18.4 Å². The van der Waals surface area contributed by atoms with Crippen molar-refractivity contribution in [2.75, 3.05) is 20.8 Å². The van der Waals surface area contributed by atoms with Crippen LogP contribution in [0, 0.1) is 35.5 Å². The highest BCUT2D eigenvalue weighted by atomic mass is 16.6. The molecule has 1 unspecified atom stereocenters. The fraction of sp³-hybridized carbons (Fsp3) is 0.740. The van der Waals surface area contributed by atoms with Crippen LogP contribution in [0.5, 0.6) is 0 Å². The number of ether oxygens (including phenoxy) is 4. The lowest BCUT2D eigenvalue weighted by atomic mass is 9.79. The molecule has 1 amide bonds. The molecule has 0 aromatic carbocycles. The zero-order valence-corrected chi connectivity index (χ0v) is 39.3. The first-order valence-electron chi connectivity index (χ1n) is 23.4. The first kappa shape index (κ1) is 52.3. The summed E-state index contributed by atoms with van der Waals surface area (Å²) >= 11 is 0. The summed E-state index contributed by atoms with van der Waals surface area (Å²) in [6.07, 6.45) is 13.2. The van der Waals surface area contributed by atoms with E-state index in [4.69, 9.17) is 18.9 Å². The third-order valence-corrected chi connectivity index (χ3v) is 14.1. The molecule has 0 aromatic heterocycles. The van der Waals surface area contributed by atoms with Gasteiger partial charge in [0.25, 0.3) is 11.7 Å². The van der Waals surface area contributed by atoms with E-state index < -0.39 is 77.8 Å². The Labute approximate surface area is 375 Å². The summed E-state index contributed by atoms with van der Waals surface area (Å²) in [7, 11) is 2.96. The normalized spacial score (nSPS) is 38.8. The van der Waals surface area contributed by atoms with Gasteiger partial charge >= 0.3 is 5.97 Å². The summed E-state index contributed by atoms with van der Waals surface area (Å²) in [6.45, 7) is 12.8. The zero-order valence-electron chi connectivity index (χ0n) is 39.3. The fourth-order valence-electron chi connectivity index (χ4n) is 9.83. The maximum atomic E-state index is 14.3. The van der Waals surface area contributed by atoms with Gasteiger partial charge in [0, 0.05) is 51.4 Å². The molecule has 12 atom stereocenters. The number of piperidine rings is 1. The molecule has 3 fully saturated rings. The Bertz CT molecular complexity index is 1690. The molecule has 2 bridgehead atoms. The van der Waals surface area contributed by atoms with Crippen LogP contribution in [0.25, 0.3) is 0 Å². The molecule has 4 aliphatic rings. The van der Waals surface area contributed by atoms with Gasteiger partial charge in [0.15, 0.2) is 5.78 Å². The lowest BCUT2D eigenvalue weighted by molar-refractivity contribution is -0.265. The van der Waals surface area contributed by atoms with Crippen molar-refractivity contribution in [2.24, 2.45) is 35.5 Å². The molecule has 354 valence electrons. The molecule has 13 heteroatoms. The van der Waals surface area contributed by atoms with Crippen molar-refractivity contribution in [1.82, 2.24) is 4.90 Å². The number of nitrogens with zero attached hydrogens (tertiary/aromatic N) is 1. The molecule has 0 radical (unpaired) electrons. The van der Waals surface area contributed by atoms with E-state index in [1.165, 1.54) is 12.0 Å². The van der Waals surface area contributed by atoms with E-state index in [1.54, 1.807) is 34.0 Å². The van der Waals surface area contributed by atoms with Crippen LogP contribution < -0.4 is 0 Å². The Hall–Kier alpha value is -3.33. The van der Waals surface area contributed by atoms with Gasteiger partial charge in [-0.05, 0) is 113 Å². The van der Waals surface area contributed by atoms with Crippen molar-refractivity contribution in [2.45, 2.75) is 180 Å². The number of ketones is 3. The van der Waals surface area contributed by atoms with Crippen molar-refractivity contribution in [3.05, 3.63) is 47.6 Å². The predicted octanol–water partition coefficient (Wildman–Crippen LogP) is 6.56. The van der Waals surface area contributed by atoms with Crippen molar-refractivity contribution in [3.63, 3.8) is 0 Å². The average Bonchev–Trinajstić information content (AvgIpc) is 3.26. The molecular weight excluding hydrogens is 807 g/mol. The lowest BCUT2D eigenvalue weighted by Gasteiger charge is -2.42. The number of hydrogen-bond acceptors (Lipinski definition) is 12.